The molecule has 0 saturated heterocycles. The zero-order valence-electron chi connectivity index (χ0n) is 12.3. The van der Waals surface area contributed by atoms with E-state index in [0.29, 0.717) is 5.82 Å². The molecule has 2 heterocycles. The zero-order valence-corrected chi connectivity index (χ0v) is 12.3. The Hall–Kier alpha value is -3.02. The van der Waals surface area contributed by atoms with Crippen LogP contribution in [0.15, 0.2) is 48.8 Å². The van der Waals surface area contributed by atoms with Gasteiger partial charge < -0.3 is 5.32 Å². The van der Waals surface area contributed by atoms with Crippen LogP contribution in [0.25, 0.3) is 5.82 Å². The van der Waals surface area contributed by atoms with Crippen LogP contribution in [0.5, 0.6) is 0 Å². The fourth-order valence-corrected chi connectivity index (χ4v) is 2.03. The first-order chi connectivity index (χ1) is 10.6. The number of anilines is 1. The van der Waals surface area contributed by atoms with E-state index in [4.69, 9.17) is 0 Å². The molecule has 22 heavy (non-hydrogen) atoms. The number of hydrogen-bond donors (Lipinski definition) is 1. The second kappa shape index (κ2) is 5.77. The van der Waals surface area contributed by atoms with Gasteiger partial charge in [0.2, 0.25) is 0 Å². The summed E-state index contributed by atoms with van der Waals surface area (Å²) in [7, 11) is 0. The Morgan fingerprint density at radius 2 is 1.82 bits per heavy atom. The van der Waals surface area contributed by atoms with Crippen molar-refractivity contribution in [2.75, 3.05) is 5.32 Å². The largest absolute Gasteiger partial charge is 0.321 e. The number of nitrogens with one attached hydrogen (secondary N) is 1. The van der Waals surface area contributed by atoms with Gasteiger partial charge in [-0.05, 0) is 38.1 Å². The van der Waals surface area contributed by atoms with Gasteiger partial charge in [-0.25, -0.2) is 4.98 Å². The van der Waals surface area contributed by atoms with Crippen LogP contribution in [-0.4, -0.2) is 25.7 Å². The average molecular weight is 293 g/mol. The summed E-state index contributed by atoms with van der Waals surface area (Å²) in [6, 6.07) is 11.0. The van der Waals surface area contributed by atoms with E-state index in [-0.39, 0.29) is 11.6 Å². The standard InChI is InChI=1S/C16H15N5O/c1-11-3-5-13(6-4-11)18-16(22)14-7-8-15(20-19-14)21-10-9-17-12(21)2/h3-10H,1-2H3,(H,18,22). The molecule has 110 valence electrons. The molecule has 3 aromatic rings. The minimum absolute atomic E-state index is 0.266. The molecule has 3 rings (SSSR count). The van der Waals surface area contributed by atoms with Crippen LogP contribution in [-0.2, 0) is 0 Å². The summed E-state index contributed by atoms with van der Waals surface area (Å²) < 4.78 is 1.80. The van der Waals surface area contributed by atoms with Gasteiger partial charge in [-0.3, -0.25) is 9.36 Å². The molecular formula is C16H15N5O. The SMILES string of the molecule is Cc1ccc(NC(=O)c2ccc(-n3ccnc3C)nn2)cc1. The number of hydrogen-bond acceptors (Lipinski definition) is 4. The molecule has 6 heteroatoms. The van der Waals surface area contributed by atoms with Crippen molar-refractivity contribution in [2.24, 2.45) is 0 Å². The van der Waals surface area contributed by atoms with Crippen molar-refractivity contribution in [1.29, 1.82) is 0 Å². The van der Waals surface area contributed by atoms with Gasteiger partial charge in [-0.15, -0.1) is 10.2 Å². The highest BCUT2D eigenvalue weighted by molar-refractivity contribution is 6.02. The van der Waals surface area contributed by atoms with Crippen LogP contribution >= 0.6 is 0 Å². The van der Waals surface area contributed by atoms with Gasteiger partial charge in [0.15, 0.2) is 11.5 Å². The molecule has 0 unspecified atom stereocenters. The molecule has 0 saturated carbocycles. The third-order valence-electron chi connectivity index (χ3n) is 3.27. The van der Waals surface area contributed by atoms with E-state index in [1.807, 2.05) is 38.1 Å². The topological polar surface area (TPSA) is 72.7 Å². The third kappa shape index (κ3) is 2.85. The number of rotatable bonds is 3. The lowest BCUT2D eigenvalue weighted by Crippen LogP contribution is -2.15. The van der Waals surface area contributed by atoms with Gasteiger partial charge in [-0.1, -0.05) is 17.7 Å². The lowest BCUT2D eigenvalue weighted by atomic mass is 10.2. The summed E-state index contributed by atoms with van der Waals surface area (Å²) in [5, 5.41) is 10.8. The van der Waals surface area contributed by atoms with Crippen LogP contribution in [0, 0.1) is 13.8 Å². The predicted molar refractivity (Wildman–Crippen MR) is 83.0 cm³/mol. The van der Waals surface area contributed by atoms with Crippen LogP contribution < -0.4 is 5.32 Å². The molecule has 1 N–H and O–H groups in total. The second-order valence-electron chi connectivity index (χ2n) is 4.94. The van der Waals surface area contributed by atoms with Gasteiger partial charge in [0.1, 0.15) is 5.82 Å². The number of nitrogens with zero attached hydrogens (tertiary/aromatic N) is 4. The van der Waals surface area contributed by atoms with E-state index in [1.54, 1.807) is 29.1 Å². The van der Waals surface area contributed by atoms with Crippen molar-refractivity contribution in [3.63, 3.8) is 0 Å². The smallest absolute Gasteiger partial charge is 0.276 e. The van der Waals surface area contributed by atoms with Crippen LogP contribution in [0.4, 0.5) is 5.69 Å². The van der Waals surface area contributed by atoms with Gasteiger partial charge in [-0.2, -0.15) is 0 Å². The molecule has 1 aromatic carbocycles. The number of carbonyl (C=O) groups excluding carboxylic acids is 1. The quantitative estimate of drug-likeness (QED) is 0.805. The number of carbonyl (C=O) groups is 1. The fraction of sp³-hybridized carbons (Fsp3) is 0.125. The molecule has 0 aliphatic carbocycles. The summed E-state index contributed by atoms with van der Waals surface area (Å²) >= 11 is 0. The minimum atomic E-state index is -0.287. The molecule has 0 fully saturated rings. The molecule has 0 aliphatic heterocycles. The highest BCUT2D eigenvalue weighted by atomic mass is 16.1. The molecule has 1 amide bonds. The number of benzene rings is 1. The first-order valence-corrected chi connectivity index (χ1v) is 6.85. The first-order valence-electron chi connectivity index (χ1n) is 6.85. The molecule has 2 aromatic heterocycles. The summed E-state index contributed by atoms with van der Waals surface area (Å²) in [4.78, 5) is 16.3. The Morgan fingerprint density at radius 3 is 2.41 bits per heavy atom. The predicted octanol–water partition coefficient (Wildman–Crippen LogP) is 2.53. The summed E-state index contributed by atoms with van der Waals surface area (Å²) in [5.74, 6) is 1.15. The van der Waals surface area contributed by atoms with E-state index in [9.17, 15) is 4.79 Å². The molecule has 0 atom stereocenters. The maximum atomic E-state index is 12.1. The zero-order chi connectivity index (χ0) is 15.5. The molecule has 0 bridgehead atoms. The monoisotopic (exact) mass is 293 g/mol. The molecule has 0 spiro atoms. The van der Waals surface area contributed by atoms with Crippen molar-refractivity contribution in [3.05, 3.63) is 65.9 Å². The summed E-state index contributed by atoms with van der Waals surface area (Å²) in [6.07, 6.45) is 3.49. The van der Waals surface area contributed by atoms with E-state index < -0.39 is 0 Å². The van der Waals surface area contributed by atoms with Crippen molar-refractivity contribution < 1.29 is 4.79 Å². The van der Waals surface area contributed by atoms with Crippen molar-refractivity contribution >= 4 is 11.6 Å². The lowest BCUT2D eigenvalue weighted by molar-refractivity contribution is 0.102. The highest BCUT2D eigenvalue weighted by Crippen LogP contribution is 2.11. The lowest BCUT2D eigenvalue weighted by Gasteiger charge is -2.06. The maximum absolute atomic E-state index is 12.1. The first kappa shape index (κ1) is 13.9. The Kier molecular flexibility index (Phi) is 3.65. The third-order valence-corrected chi connectivity index (χ3v) is 3.27. The van der Waals surface area contributed by atoms with E-state index in [1.165, 1.54) is 0 Å². The maximum Gasteiger partial charge on any atom is 0.276 e. The van der Waals surface area contributed by atoms with Gasteiger partial charge in [0.05, 0.1) is 0 Å². The van der Waals surface area contributed by atoms with E-state index in [2.05, 4.69) is 20.5 Å². The number of imidazole rings is 1. The van der Waals surface area contributed by atoms with Crippen LogP contribution in [0.1, 0.15) is 21.9 Å². The normalized spacial score (nSPS) is 10.5. The Bertz CT molecular complexity index is 790. The molecule has 6 nitrogen and oxygen atoms in total. The van der Waals surface area contributed by atoms with Gasteiger partial charge in [0, 0.05) is 18.1 Å². The fourth-order valence-electron chi connectivity index (χ4n) is 2.03. The van der Waals surface area contributed by atoms with Crippen molar-refractivity contribution in [2.45, 2.75) is 13.8 Å². The molecular weight excluding hydrogens is 278 g/mol. The number of amides is 1. The van der Waals surface area contributed by atoms with Crippen molar-refractivity contribution in [3.8, 4) is 5.82 Å². The Morgan fingerprint density at radius 1 is 1.05 bits per heavy atom. The molecule has 0 aliphatic rings. The number of aromatic nitrogens is 4. The highest BCUT2D eigenvalue weighted by Gasteiger charge is 2.10. The Balaban J connectivity index is 1.76. The Labute approximate surface area is 127 Å². The van der Waals surface area contributed by atoms with Crippen molar-refractivity contribution in [1.82, 2.24) is 19.7 Å². The van der Waals surface area contributed by atoms with Gasteiger partial charge in [0.25, 0.3) is 5.91 Å². The molecule has 0 radical (unpaired) electrons. The van der Waals surface area contributed by atoms with Gasteiger partial charge >= 0.3 is 0 Å². The second-order valence-corrected chi connectivity index (χ2v) is 4.94. The van der Waals surface area contributed by atoms with E-state index in [0.717, 1.165) is 17.1 Å². The summed E-state index contributed by atoms with van der Waals surface area (Å²) in [5.41, 5.74) is 2.13. The number of aryl methyl sites for hydroxylation is 2. The van der Waals surface area contributed by atoms with Crippen LogP contribution in [0.3, 0.4) is 0 Å². The summed E-state index contributed by atoms with van der Waals surface area (Å²) in [6.45, 7) is 3.87. The minimum Gasteiger partial charge on any atom is -0.321 e. The van der Waals surface area contributed by atoms with E-state index >= 15 is 0 Å². The van der Waals surface area contributed by atoms with Crippen LogP contribution in [0.2, 0.25) is 0 Å². The average Bonchev–Trinajstić information content (AvgIpc) is 2.96.